The van der Waals surface area contributed by atoms with Crippen molar-refractivity contribution >= 4 is 75.3 Å². The Morgan fingerprint density at radius 2 is 1.71 bits per heavy atom. The SMILES string of the molecule is O=C(NC(=S)Nc1ccc(N2CCN(C(=O)c3ccco3)CC2)c(Cl)c1)c1cc(Cl)ccc1Cl. The average Bonchev–Trinajstić information content (AvgIpc) is 3.35. The second-order valence-electron chi connectivity index (χ2n) is 7.46. The Labute approximate surface area is 216 Å². The fourth-order valence-corrected chi connectivity index (χ4v) is 4.44. The molecule has 4 rings (SSSR count). The molecule has 0 saturated carbocycles. The number of carbonyl (C=O) groups is 2. The fraction of sp³-hybridized carbons (Fsp3) is 0.174. The number of thiocarbonyl (C=S) groups is 1. The molecule has 1 saturated heterocycles. The molecule has 0 bridgehead atoms. The number of nitrogens with one attached hydrogen (secondary N) is 2. The molecule has 3 aromatic rings. The molecule has 1 aliphatic rings. The maximum absolute atomic E-state index is 12.4. The van der Waals surface area contributed by atoms with Gasteiger partial charge in [-0.25, -0.2) is 0 Å². The van der Waals surface area contributed by atoms with Crippen molar-refractivity contribution in [3.8, 4) is 0 Å². The van der Waals surface area contributed by atoms with Gasteiger partial charge in [-0.3, -0.25) is 14.9 Å². The normalized spacial score (nSPS) is 13.5. The largest absolute Gasteiger partial charge is 0.459 e. The summed E-state index contributed by atoms with van der Waals surface area (Å²) >= 11 is 23.8. The van der Waals surface area contributed by atoms with Crippen LogP contribution in [0.5, 0.6) is 0 Å². The van der Waals surface area contributed by atoms with Crippen molar-refractivity contribution in [3.63, 3.8) is 0 Å². The summed E-state index contributed by atoms with van der Waals surface area (Å²) in [6, 6.07) is 13.4. The lowest BCUT2D eigenvalue weighted by Gasteiger charge is -2.36. The standard InChI is InChI=1S/C23H19Cl3N4O3S/c24-14-3-5-17(25)16(12-14)21(31)28-23(34)27-15-4-6-19(18(26)13-15)29-7-9-30(10-8-29)22(32)20-2-1-11-33-20/h1-6,11-13H,7-10H2,(H2,27,28,31,34). The number of hydrogen-bond acceptors (Lipinski definition) is 5. The van der Waals surface area contributed by atoms with E-state index in [0.717, 1.165) is 5.69 Å². The van der Waals surface area contributed by atoms with Crippen molar-refractivity contribution in [2.75, 3.05) is 36.4 Å². The lowest BCUT2D eigenvalue weighted by molar-refractivity contribution is 0.0714. The van der Waals surface area contributed by atoms with Crippen LogP contribution in [-0.2, 0) is 0 Å². The molecule has 2 N–H and O–H groups in total. The number of halogens is 3. The van der Waals surface area contributed by atoms with Gasteiger partial charge in [-0.15, -0.1) is 0 Å². The number of piperazine rings is 1. The van der Waals surface area contributed by atoms with E-state index < -0.39 is 5.91 Å². The Morgan fingerprint density at radius 1 is 0.941 bits per heavy atom. The summed E-state index contributed by atoms with van der Waals surface area (Å²) in [6.07, 6.45) is 1.49. The number of benzene rings is 2. The van der Waals surface area contributed by atoms with Crippen molar-refractivity contribution in [1.29, 1.82) is 0 Å². The highest BCUT2D eigenvalue weighted by atomic mass is 35.5. The Hall–Kier alpha value is -2.78. The van der Waals surface area contributed by atoms with Crippen LogP contribution in [0, 0.1) is 0 Å². The molecule has 1 fully saturated rings. The van der Waals surface area contributed by atoms with E-state index in [4.69, 9.17) is 51.4 Å². The summed E-state index contributed by atoms with van der Waals surface area (Å²) < 4.78 is 5.20. The summed E-state index contributed by atoms with van der Waals surface area (Å²) in [6.45, 7) is 2.37. The molecule has 2 aromatic carbocycles. The van der Waals surface area contributed by atoms with E-state index in [1.807, 2.05) is 12.1 Å². The number of rotatable bonds is 4. The van der Waals surface area contributed by atoms with Crippen LogP contribution in [0.1, 0.15) is 20.9 Å². The van der Waals surface area contributed by atoms with Gasteiger partial charge in [-0.05, 0) is 60.7 Å². The number of anilines is 2. The Morgan fingerprint density at radius 3 is 2.38 bits per heavy atom. The van der Waals surface area contributed by atoms with Crippen LogP contribution in [0.2, 0.25) is 15.1 Å². The van der Waals surface area contributed by atoms with Gasteiger partial charge in [0, 0.05) is 36.9 Å². The number of carbonyl (C=O) groups excluding carboxylic acids is 2. The van der Waals surface area contributed by atoms with Crippen LogP contribution >= 0.6 is 47.0 Å². The molecule has 0 aliphatic carbocycles. The molecule has 2 amide bonds. The molecule has 0 radical (unpaired) electrons. The van der Waals surface area contributed by atoms with Crippen LogP contribution in [0.15, 0.2) is 59.2 Å². The molecule has 176 valence electrons. The quantitative estimate of drug-likeness (QED) is 0.438. The minimum Gasteiger partial charge on any atom is -0.459 e. The Bertz CT molecular complexity index is 1230. The lowest BCUT2D eigenvalue weighted by atomic mass is 10.2. The lowest BCUT2D eigenvalue weighted by Crippen LogP contribution is -2.48. The predicted octanol–water partition coefficient (Wildman–Crippen LogP) is 5.33. The minimum atomic E-state index is -0.477. The van der Waals surface area contributed by atoms with Gasteiger partial charge >= 0.3 is 0 Å². The van der Waals surface area contributed by atoms with Crippen LogP contribution in [0.25, 0.3) is 0 Å². The van der Waals surface area contributed by atoms with Gasteiger partial charge < -0.3 is 19.5 Å². The Balaban J connectivity index is 1.34. The zero-order valence-electron chi connectivity index (χ0n) is 17.7. The molecular weight excluding hydrogens is 519 g/mol. The van der Waals surface area contributed by atoms with Crippen LogP contribution in [0.4, 0.5) is 11.4 Å². The first-order valence-electron chi connectivity index (χ1n) is 10.3. The number of amides is 2. The van der Waals surface area contributed by atoms with Gasteiger partial charge in [0.25, 0.3) is 11.8 Å². The second-order valence-corrected chi connectivity index (χ2v) is 9.11. The summed E-state index contributed by atoms with van der Waals surface area (Å²) in [7, 11) is 0. The predicted molar refractivity (Wildman–Crippen MR) is 138 cm³/mol. The highest BCUT2D eigenvalue weighted by Crippen LogP contribution is 2.30. The van der Waals surface area contributed by atoms with Crippen LogP contribution in [-0.4, -0.2) is 48.0 Å². The first-order valence-corrected chi connectivity index (χ1v) is 11.8. The van der Waals surface area contributed by atoms with Gasteiger partial charge in [0.15, 0.2) is 10.9 Å². The maximum Gasteiger partial charge on any atom is 0.289 e. The third-order valence-electron chi connectivity index (χ3n) is 5.25. The molecule has 0 unspecified atom stereocenters. The van der Waals surface area contributed by atoms with Crippen molar-refractivity contribution in [2.45, 2.75) is 0 Å². The van der Waals surface area contributed by atoms with Gasteiger partial charge in [-0.1, -0.05) is 34.8 Å². The molecule has 2 heterocycles. The number of furan rings is 1. The van der Waals surface area contributed by atoms with Crippen molar-refractivity contribution in [3.05, 3.63) is 81.2 Å². The van der Waals surface area contributed by atoms with Crippen molar-refractivity contribution in [2.24, 2.45) is 0 Å². The zero-order valence-corrected chi connectivity index (χ0v) is 20.8. The van der Waals surface area contributed by atoms with E-state index in [1.165, 1.54) is 12.3 Å². The van der Waals surface area contributed by atoms with E-state index in [1.54, 1.807) is 35.2 Å². The molecule has 0 atom stereocenters. The third-order valence-corrected chi connectivity index (χ3v) is 6.32. The first-order chi connectivity index (χ1) is 16.3. The zero-order chi connectivity index (χ0) is 24.2. The average molecular weight is 538 g/mol. The minimum absolute atomic E-state index is 0.0925. The molecule has 7 nitrogen and oxygen atoms in total. The summed E-state index contributed by atoms with van der Waals surface area (Å²) in [5.74, 6) is -0.262. The molecular formula is C23H19Cl3N4O3S. The monoisotopic (exact) mass is 536 g/mol. The van der Waals surface area contributed by atoms with E-state index in [-0.39, 0.29) is 21.6 Å². The van der Waals surface area contributed by atoms with Crippen molar-refractivity contribution in [1.82, 2.24) is 10.2 Å². The molecule has 1 aromatic heterocycles. The molecule has 1 aliphatic heterocycles. The summed E-state index contributed by atoms with van der Waals surface area (Å²) in [4.78, 5) is 28.8. The molecule has 0 spiro atoms. The van der Waals surface area contributed by atoms with Gasteiger partial charge in [-0.2, -0.15) is 0 Å². The smallest absolute Gasteiger partial charge is 0.289 e. The highest BCUT2D eigenvalue weighted by Gasteiger charge is 2.24. The first kappa shape index (κ1) is 24.3. The molecule has 34 heavy (non-hydrogen) atoms. The van der Waals surface area contributed by atoms with E-state index in [0.29, 0.717) is 47.7 Å². The topological polar surface area (TPSA) is 77.8 Å². The number of nitrogens with zero attached hydrogens (tertiary/aromatic N) is 2. The summed E-state index contributed by atoms with van der Waals surface area (Å²) in [5.41, 5.74) is 1.68. The second kappa shape index (κ2) is 10.7. The Kier molecular flexibility index (Phi) is 7.63. The van der Waals surface area contributed by atoms with E-state index in [9.17, 15) is 9.59 Å². The van der Waals surface area contributed by atoms with E-state index >= 15 is 0 Å². The van der Waals surface area contributed by atoms with Gasteiger partial charge in [0.1, 0.15) is 0 Å². The van der Waals surface area contributed by atoms with Crippen LogP contribution in [0.3, 0.4) is 0 Å². The third kappa shape index (κ3) is 5.64. The van der Waals surface area contributed by atoms with E-state index in [2.05, 4.69) is 15.5 Å². The van der Waals surface area contributed by atoms with Gasteiger partial charge in [0.05, 0.1) is 27.6 Å². The maximum atomic E-state index is 12.4. The highest BCUT2D eigenvalue weighted by molar-refractivity contribution is 7.80. The number of hydrogen-bond donors (Lipinski definition) is 2. The fourth-order valence-electron chi connectivity index (χ4n) is 3.55. The summed E-state index contributed by atoms with van der Waals surface area (Å²) in [5, 5.41) is 6.79. The van der Waals surface area contributed by atoms with Crippen molar-refractivity contribution < 1.29 is 14.0 Å². The molecule has 11 heteroatoms. The van der Waals surface area contributed by atoms with Gasteiger partial charge in [0.2, 0.25) is 0 Å². The van der Waals surface area contributed by atoms with Crippen LogP contribution < -0.4 is 15.5 Å².